The molecule has 1 fully saturated rings. The van der Waals surface area contributed by atoms with Gasteiger partial charge in [0.1, 0.15) is 12.2 Å². The molecule has 0 saturated carbocycles. The van der Waals surface area contributed by atoms with E-state index in [2.05, 4.69) is 10.2 Å². The standard InChI is InChI=1S/C13H23N5O/c1-3-10(7-14)13(19)18-6-4-5-11(8-18)12-16-15-9-17(12)2/h9-11H,3-8,14H2,1-2H3. The van der Waals surface area contributed by atoms with Crippen LogP contribution in [0.2, 0.25) is 0 Å². The van der Waals surface area contributed by atoms with E-state index >= 15 is 0 Å². The predicted octanol–water partition coefficient (Wildman–Crippen LogP) is 0.506. The third kappa shape index (κ3) is 2.94. The first-order valence-electron chi connectivity index (χ1n) is 7.00. The van der Waals surface area contributed by atoms with Crippen molar-refractivity contribution in [1.29, 1.82) is 0 Å². The molecular weight excluding hydrogens is 242 g/mol. The van der Waals surface area contributed by atoms with E-state index in [1.54, 1.807) is 6.33 Å². The number of amides is 1. The molecule has 106 valence electrons. The Bertz CT molecular complexity index is 426. The summed E-state index contributed by atoms with van der Waals surface area (Å²) >= 11 is 0. The molecule has 0 bridgehead atoms. The number of nitrogens with zero attached hydrogens (tertiary/aromatic N) is 4. The lowest BCUT2D eigenvalue weighted by Crippen LogP contribution is -2.44. The minimum Gasteiger partial charge on any atom is -0.342 e. The molecule has 1 saturated heterocycles. The van der Waals surface area contributed by atoms with Crippen LogP contribution in [-0.4, -0.2) is 45.2 Å². The summed E-state index contributed by atoms with van der Waals surface area (Å²) in [5.74, 6) is 1.41. The zero-order chi connectivity index (χ0) is 13.8. The van der Waals surface area contributed by atoms with Crippen molar-refractivity contribution in [2.24, 2.45) is 18.7 Å². The van der Waals surface area contributed by atoms with Crippen molar-refractivity contribution < 1.29 is 4.79 Å². The van der Waals surface area contributed by atoms with Crippen LogP contribution >= 0.6 is 0 Å². The van der Waals surface area contributed by atoms with Crippen LogP contribution in [0.1, 0.15) is 37.9 Å². The molecular formula is C13H23N5O. The van der Waals surface area contributed by atoms with Crippen LogP contribution in [0.15, 0.2) is 6.33 Å². The van der Waals surface area contributed by atoms with E-state index < -0.39 is 0 Å². The Kier molecular flexibility index (Phi) is 4.52. The van der Waals surface area contributed by atoms with Crippen molar-refractivity contribution >= 4 is 5.91 Å². The topological polar surface area (TPSA) is 77.0 Å². The summed E-state index contributed by atoms with van der Waals surface area (Å²) in [5.41, 5.74) is 5.67. The molecule has 2 atom stereocenters. The number of likely N-dealkylation sites (tertiary alicyclic amines) is 1. The zero-order valence-electron chi connectivity index (χ0n) is 11.7. The summed E-state index contributed by atoms with van der Waals surface area (Å²) in [6, 6.07) is 0. The summed E-state index contributed by atoms with van der Waals surface area (Å²) in [4.78, 5) is 14.3. The highest BCUT2D eigenvalue weighted by atomic mass is 16.2. The summed E-state index contributed by atoms with van der Waals surface area (Å²) < 4.78 is 1.94. The van der Waals surface area contributed by atoms with Gasteiger partial charge >= 0.3 is 0 Å². The van der Waals surface area contributed by atoms with E-state index in [1.165, 1.54) is 0 Å². The van der Waals surface area contributed by atoms with E-state index in [9.17, 15) is 4.79 Å². The number of hydrogen-bond acceptors (Lipinski definition) is 4. The Morgan fingerprint density at radius 3 is 3.00 bits per heavy atom. The molecule has 1 amide bonds. The molecule has 2 unspecified atom stereocenters. The molecule has 0 aliphatic carbocycles. The minimum atomic E-state index is -0.0433. The fourth-order valence-corrected chi connectivity index (χ4v) is 2.75. The van der Waals surface area contributed by atoms with Crippen LogP contribution in [0.4, 0.5) is 0 Å². The second-order valence-corrected chi connectivity index (χ2v) is 5.26. The van der Waals surface area contributed by atoms with Crippen LogP contribution in [0, 0.1) is 5.92 Å². The molecule has 2 N–H and O–H groups in total. The first kappa shape index (κ1) is 14.0. The van der Waals surface area contributed by atoms with Crippen LogP contribution in [0.25, 0.3) is 0 Å². The molecule has 6 heteroatoms. The largest absolute Gasteiger partial charge is 0.342 e. The molecule has 1 aromatic heterocycles. The Balaban J connectivity index is 2.05. The van der Waals surface area contributed by atoms with Gasteiger partial charge in [-0.3, -0.25) is 4.79 Å². The molecule has 0 spiro atoms. The second kappa shape index (κ2) is 6.14. The van der Waals surface area contributed by atoms with Crippen molar-refractivity contribution in [3.8, 4) is 0 Å². The van der Waals surface area contributed by atoms with Crippen molar-refractivity contribution in [3.05, 3.63) is 12.2 Å². The van der Waals surface area contributed by atoms with Gasteiger partial charge in [0.25, 0.3) is 0 Å². The number of piperidine rings is 1. The molecule has 1 aliphatic rings. The maximum Gasteiger partial charge on any atom is 0.226 e. The first-order valence-corrected chi connectivity index (χ1v) is 7.00. The molecule has 1 aromatic rings. The second-order valence-electron chi connectivity index (χ2n) is 5.26. The van der Waals surface area contributed by atoms with Crippen LogP contribution < -0.4 is 5.73 Å². The van der Waals surface area contributed by atoms with Gasteiger partial charge in [-0.25, -0.2) is 0 Å². The molecule has 0 radical (unpaired) electrons. The van der Waals surface area contributed by atoms with Crippen LogP contribution in [0.3, 0.4) is 0 Å². The van der Waals surface area contributed by atoms with Gasteiger partial charge in [0.2, 0.25) is 5.91 Å². The monoisotopic (exact) mass is 265 g/mol. The van der Waals surface area contributed by atoms with Gasteiger partial charge in [0.15, 0.2) is 0 Å². The number of carbonyl (C=O) groups excluding carboxylic acids is 1. The predicted molar refractivity (Wildman–Crippen MR) is 72.4 cm³/mol. The van der Waals surface area contributed by atoms with Crippen molar-refractivity contribution in [2.45, 2.75) is 32.1 Å². The van der Waals surface area contributed by atoms with Crippen LogP contribution in [0.5, 0.6) is 0 Å². The van der Waals surface area contributed by atoms with Crippen molar-refractivity contribution in [1.82, 2.24) is 19.7 Å². The lowest BCUT2D eigenvalue weighted by molar-refractivity contribution is -0.136. The lowest BCUT2D eigenvalue weighted by atomic mass is 9.95. The summed E-state index contributed by atoms with van der Waals surface area (Å²) in [6.45, 7) is 4.02. The third-order valence-corrected chi connectivity index (χ3v) is 3.97. The Morgan fingerprint density at radius 2 is 2.42 bits per heavy atom. The number of hydrogen-bond donors (Lipinski definition) is 1. The highest BCUT2D eigenvalue weighted by Gasteiger charge is 2.29. The van der Waals surface area contributed by atoms with Crippen LogP contribution in [-0.2, 0) is 11.8 Å². The molecule has 0 aromatic carbocycles. The number of aryl methyl sites for hydroxylation is 1. The average molecular weight is 265 g/mol. The SMILES string of the molecule is CCC(CN)C(=O)N1CCCC(c2nncn2C)C1. The number of rotatable bonds is 4. The number of aromatic nitrogens is 3. The summed E-state index contributed by atoms with van der Waals surface area (Å²) in [6.07, 6.45) is 4.60. The van der Waals surface area contributed by atoms with Gasteiger partial charge in [0, 0.05) is 32.6 Å². The van der Waals surface area contributed by atoms with Gasteiger partial charge in [-0.05, 0) is 19.3 Å². The molecule has 2 heterocycles. The third-order valence-electron chi connectivity index (χ3n) is 3.97. The smallest absolute Gasteiger partial charge is 0.226 e. The van der Waals surface area contributed by atoms with Gasteiger partial charge < -0.3 is 15.2 Å². The van der Waals surface area contributed by atoms with Gasteiger partial charge in [0.05, 0.1) is 5.92 Å². The van der Waals surface area contributed by atoms with E-state index in [-0.39, 0.29) is 11.8 Å². The Morgan fingerprint density at radius 1 is 1.63 bits per heavy atom. The average Bonchev–Trinajstić information content (AvgIpc) is 2.86. The van der Waals surface area contributed by atoms with Crippen molar-refractivity contribution in [2.75, 3.05) is 19.6 Å². The molecule has 6 nitrogen and oxygen atoms in total. The maximum atomic E-state index is 12.4. The fourth-order valence-electron chi connectivity index (χ4n) is 2.75. The van der Waals surface area contributed by atoms with E-state index in [0.717, 1.165) is 38.2 Å². The Hall–Kier alpha value is -1.43. The van der Waals surface area contributed by atoms with E-state index in [0.29, 0.717) is 12.5 Å². The summed E-state index contributed by atoms with van der Waals surface area (Å²) in [5, 5.41) is 8.09. The molecule has 1 aliphatic heterocycles. The number of nitrogens with two attached hydrogens (primary N) is 1. The van der Waals surface area contributed by atoms with E-state index in [1.807, 2.05) is 23.4 Å². The highest BCUT2D eigenvalue weighted by Crippen LogP contribution is 2.26. The quantitative estimate of drug-likeness (QED) is 0.860. The Labute approximate surface area is 114 Å². The van der Waals surface area contributed by atoms with Gasteiger partial charge in [-0.15, -0.1) is 10.2 Å². The number of carbonyl (C=O) groups is 1. The van der Waals surface area contributed by atoms with Crippen molar-refractivity contribution in [3.63, 3.8) is 0 Å². The van der Waals surface area contributed by atoms with Gasteiger partial charge in [-0.2, -0.15) is 0 Å². The van der Waals surface area contributed by atoms with E-state index in [4.69, 9.17) is 5.73 Å². The normalized spacial score (nSPS) is 21.4. The lowest BCUT2D eigenvalue weighted by Gasteiger charge is -2.34. The van der Waals surface area contributed by atoms with Gasteiger partial charge in [-0.1, -0.05) is 6.92 Å². The summed E-state index contributed by atoms with van der Waals surface area (Å²) in [7, 11) is 1.95. The fraction of sp³-hybridized carbons (Fsp3) is 0.769. The molecule has 2 rings (SSSR count). The zero-order valence-corrected chi connectivity index (χ0v) is 11.7. The minimum absolute atomic E-state index is 0.0433. The highest BCUT2D eigenvalue weighted by molar-refractivity contribution is 5.79. The molecule has 19 heavy (non-hydrogen) atoms. The first-order chi connectivity index (χ1) is 9.17. The maximum absolute atomic E-state index is 12.4.